The summed E-state index contributed by atoms with van der Waals surface area (Å²) in [4.78, 5) is 11.6. The zero-order valence-corrected chi connectivity index (χ0v) is 12.9. The van der Waals surface area contributed by atoms with E-state index in [1.165, 1.54) is 12.8 Å². The molecule has 19 heavy (non-hydrogen) atoms. The average molecular weight is 325 g/mol. The molecule has 1 aliphatic carbocycles. The molecule has 0 amide bonds. The number of carboxylic acid groups (broad SMARTS) is 1. The molecule has 0 spiro atoms. The number of aliphatic carboxylic acids is 1. The fourth-order valence-corrected chi connectivity index (χ4v) is 3.51. The molecule has 1 saturated carbocycles. The highest BCUT2D eigenvalue weighted by Crippen LogP contribution is 2.35. The predicted octanol–water partition coefficient (Wildman–Crippen LogP) is 4.52. The molecule has 1 fully saturated rings. The maximum Gasteiger partial charge on any atom is 0.307 e. The molecular weight excluding hydrogens is 304 g/mol. The fourth-order valence-electron chi connectivity index (χ4n) is 3.06. The molecule has 1 unspecified atom stereocenters. The van der Waals surface area contributed by atoms with Crippen LogP contribution in [0.25, 0.3) is 0 Å². The van der Waals surface area contributed by atoms with Crippen LogP contribution in [-0.4, -0.2) is 11.1 Å². The summed E-state index contributed by atoms with van der Waals surface area (Å²) >= 11 is 3.45. The van der Waals surface area contributed by atoms with E-state index in [0.29, 0.717) is 12.3 Å². The molecule has 0 radical (unpaired) electrons. The summed E-state index contributed by atoms with van der Waals surface area (Å²) in [5.74, 6) is 0.227. The smallest absolute Gasteiger partial charge is 0.307 e. The Labute approximate surface area is 123 Å². The number of hydrogen-bond acceptors (Lipinski definition) is 1. The average Bonchev–Trinajstić information content (AvgIpc) is 2.37. The Balaban J connectivity index is 2.06. The lowest BCUT2D eigenvalue weighted by molar-refractivity contribution is -0.144. The highest BCUT2D eigenvalue weighted by molar-refractivity contribution is 9.10. The molecule has 0 saturated heterocycles. The molecule has 1 aromatic rings. The first-order valence-electron chi connectivity index (χ1n) is 7.03. The summed E-state index contributed by atoms with van der Waals surface area (Å²) < 4.78 is 1.02. The first kappa shape index (κ1) is 14.6. The van der Waals surface area contributed by atoms with Gasteiger partial charge >= 0.3 is 5.97 Å². The Morgan fingerprint density at radius 3 is 2.63 bits per heavy atom. The summed E-state index contributed by atoms with van der Waals surface area (Å²) in [6.07, 6.45) is 5.12. The second-order valence-electron chi connectivity index (χ2n) is 5.80. The number of carbonyl (C=O) groups is 1. The molecule has 0 aliphatic heterocycles. The summed E-state index contributed by atoms with van der Waals surface area (Å²) in [6, 6.07) is 8.00. The molecule has 1 atom stereocenters. The van der Waals surface area contributed by atoms with Crippen molar-refractivity contribution in [2.75, 3.05) is 0 Å². The van der Waals surface area contributed by atoms with E-state index in [-0.39, 0.29) is 5.92 Å². The molecule has 1 N–H and O–H groups in total. The molecule has 3 heteroatoms. The van der Waals surface area contributed by atoms with E-state index in [4.69, 9.17) is 0 Å². The van der Waals surface area contributed by atoms with Gasteiger partial charge in [0.05, 0.1) is 5.92 Å². The van der Waals surface area contributed by atoms with Crippen molar-refractivity contribution in [1.82, 2.24) is 0 Å². The Hall–Kier alpha value is -0.830. The van der Waals surface area contributed by atoms with Crippen molar-refractivity contribution in [2.24, 2.45) is 17.8 Å². The lowest BCUT2D eigenvalue weighted by atomic mass is 9.74. The minimum atomic E-state index is -0.639. The number of benzene rings is 1. The molecule has 0 aromatic heterocycles. The Morgan fingerprint density at radius 1 is 1.37 bits per heavy atom. The van der Waals surface area contributed by atoms with Crippen molar-refractivity contribution in [3.05, 3.63) is 34.3 Å². The van der Waals surface area contributed by atoms with Crippen molar-refractivity contribution in [3.63, 3.8) is 0 Å². The summed E-state index contributed by atoms with van der Waals surface area (Å²) in [5.41, 5.74) is 1.11. The van der Waals surface area contributed by atoms with Gasteiger partial charge in [0.1, 0.15) is 0 Å². The minimum Gasteiger partial charge on any atom is -0.481 e. The summed E-state index contributed by atoms with van der Waals surface area (Å²) in [7, 11) is 0. The Bertz CT molecular complexity index is 436. The van der Waals surface area contributed by atoms with E-state index < -0.39 is 5.97 Å². The van der Waals surface area contributed by atoms with E-state index in [2.05, 4.69) is 22.9 Å². The van der Waals surface area contributed by atoms with Crippen LogP contribution in [-0.2, 0) is 11.2 Å². The highest BCUT2D eigenvalue weighted by Gasteiger charge is 2.31. The van der Waals surface area contributed by atoms with Crippen LogP contribution in [0.1, 0.15) is 38.2 Å². The predicted molar refractivity (Wildman–Crippen MR) is 80.1 cm³/mol. The normalized spacial score (nSPS) is 24.9. The number of carboxylic acids is 1. The van der Waals surface area contributed by atoms with Gasteiger partial charge in [-0.15, -0.1) is 0 Å². The van der Waals surface area contributed by atoms with Crippen LogP contribution in [0.4, 0.5) is 0 Å². The minimum absolute atomic E-state index is 0.234. The van der Waals surface area contributed by atoms with E-state index in [1.807, 2.05) is 24.3 Å². The molecule has 2 nitrogen and oxygen atoms in total. The maximum atomic E-state index is 11.6. The molecule has 0 heterocycles. The number of halogens is 1. The monoisotopic (exact) mass is 324 g/mol. The van der Waals surface area contributed by atoms with Gasteiger partial charge < -0.3 is 5.11 Å². The van der Waals surface area contributed by atoms with Crippen LogP contribution in [0, 0.1) is 17.8 Å². The van der Waals surface area contributed by atoms with Crippen LogP contribution in [0.15, 0.2) is 28.7 Å². The summed E-state index contributed by atoms with van der Waals surface area (Å²) in [5, 5.41) is 9.51. The van der Waals surface area contributed by atoms with Gasteiger partial charge in [0.25, 0.3) is 0 Å². The van der Waals surface area contributed by atoms with Crippen LogP contribution >= 0.6 is 15.9 Å². The first-order chi connectivity index (χ1) is 9.06. The van der Waals surface area contributed by atoms with Crippen molar-refractivity contribution < 1.29 is 9.90 Å². The van der Waals surface area contributed by atoms with Gasteiger partial charge in [-0.2, -0.15) is 0 Å². The van der Waals surface area contributed by atoms with Gasteiger partial charge in [0.2, 0.25) is 0 Å². The topological polar surface area (TPSA) is 37.3 Å². The van der Waals surface area contributed by atoms with E-state index >= 15 is 0 Å². The Morgan fingerprint density at radius 2 is 2.05 bits per heavy atom. The Kier molecular flexibility index (Phi) is 5.03. The zero-order valence-electron chi connectivity index (χ0n) is 11.3. The molecule has 1 aromatic carbocycles. The highest BCUT2D eigenvalue weighted by atomic mass is 79.9. The second kappa shape index (κ2) is 6.56. The van der Waals surface area contributed by atoms with Gasteiger partial charge in [-0.1, -0.05) is 47.8 Å². The third kappa shape index (κ3) is 4.07. The van der Waals surface area contributed by atoms with Crippen LogP contribution in [0.3, 0.4) is 0 Å². The third-order valence-corrected chi connectivity index (χ3v) is 4.78. The fraction of sp³-hybridized carbons (Fsp3) is 0.562. The molecule has 0 bridgehead atoms. The van der Waals surface area contributed by atoms with Crippen molar-refractivity contribution >= 4 is 21.9 Å². The van der Waals surface area contributed by atoms with E-state index in [1.54, 1.807) is 0 Å². The zero-order chi connectivity index (χ0) is 13.8. The van der Waals surface area contributed by atoms with Crippen molar-refractivity contribution in [1.29, 1.82) is 0 Å². The van der Waals surface area contributed by atoms with Crippen molar-refractivity contribution in [3.8, 4) is 0 Å². The number of hydrogen-bond donors (Lipinski definition) is 1. The van der Waals surface area contributed by atoms with E-state index in [9.17, 15) is 9.90 Å². The number of rotatable bonds is 4. The van der Waals surface area contributed by atoms with Crippen molar-refractivity contribution in [2.45, 2.75) is 39.0 Å². The quantitative estimate of drug-likeness (QED) is 0.884. The largest absolute Gasteiger partial charge is 0.481 e. The SMILES string of the molecule is CC1CCC(C(Cc2cccc(Br)c2)C(=O)O)CC1. The van der Waals surface area contributed by atoms with Gasteiger partial charge in [0.15, 0.2) is 0 Å². The molecule has 2 rings (SSSR count). The lowest BCUT2D eigenvalue weighted by Gasteiger charge is -2.30. The van der Waals surface area contributed by atoms with Gasteiger partial charge in [-0.25, -0.2) is 0 Å². The van der Waals surface area contributed by atoms with Gasteiger partial charge in [-0.05, 0) is 48.8 Å². The third-order valence-electron chi connectivity index (χ3n) is 4.29. The second-order valence-corrected chi connectivity index (χ2v) is 6.71. The van der Waals surface area contributed by atoms with Gasteiger partial charge in [-0.3, -0.25) is 4.79 Å². The van der Waals surface area contributed by atoms with Crippen LogP contribution < -0.4 is 0 Å². The standard InChI is InChI=1S/C16H21BrO2/c1-11-5-7-13(8-6-11)15(16(18)19)10-12-3-2-4-14(17)9-12/h2-4,9,11,13,15H,5-8,10H2,1H3,(H,18,19). The lowest BCUT2D eigenvalue weighted by Crippen LogP contribution is -2.29. The van der Waals surface area contributed by atoms with Gasteiger partial charge in [0, 0.05) is 4.47 Å². The molecule has 104 valence electrons. The summed E-state index contributed by atoms with van der Waals surface area (Å²) in [6.45, 7) is 2.26. The van der Waals surface area contributed by atoms with Crippen LogP contribution in [0.5, 0.6) is 0 Å². The molecular formula is C16H21BrO2. The maximum absolute atomic E-state index is 11.6. The van der Waals surface area contributed by atoms with Crippen LogP contribution in [0.2, 0.25) is 0 Å². The van der Waals surface area contributed by atoms with E-state index in [0.717, 1.165) is 28.8 Å². The molecule has 1 aliphatic rings. The first-order valence-corrected chi connectivity index (χ1v) is 7.83.